The number of Topliss-reactive ketones (excluding diaryl/α,β-unsaturated/α-hetero) is 1. The van der Waals surface area contributed by atoms with E-state index in [1.807, 2.05) is 13.8 Å². The fourth-order valence-corrected chi connectivity index (χ4v) is 3.33. The van der Waals surface area contributed by atoms with Crippen molar-refractivity contribution < 1.29 is 28.8 Å². The van der Waals surface area contributed by atoms with E-state index in [0.717, 1.165) is 6.07 Å². The zero-order chi connectivity index (χ0) is 21.8. The molecule has 1 N–H and O–H groups in total. The van der Waals surface area contributed by atoms with Gasteiger partial charge in [-0.05, 0) is 32.4 Å². The van der Waals surface area contributed by atoms with Gasteiger partial charge in [-0.2, -0.15) is 0 Å². The Hall–Kier alpha value is -3.46. The first-order valence-corrected chi connectivity index (χ1v) is 9.49. The van der Waals surface area contributed by atoms with Crippen LogP contribution in [0, 0.1) is 10.1 Å². The molecule has 0 bridgehead atoms. The second-order valence-electron chi connectivity index (χ2n) is 7.09. The Labute approximate surface area is 172 Å². The van der Waals surface area contributed by atoms with Crippen LogP contribution in [0.2, 0.25) is 0 Å². The minimum atomic E-state index is -0.932. The molecule has 1 aromatic heterocycles. The molecular weight excluding hydrogens is 392 g/mol. The second kappa shape index (κ2) is 8.91. The maximum absolute atomic E-state index is 12.8. The predicted molar refractivity (Wildman–Crippen MR) is 107 cm³/mol. The molecule has 9 heteroatoms. The van der Waals surface area contributed by atoms with E-state index in [1.54, 1.807) is 12.1 Å². The molecule has 0 aliphatic carbocycles. The molecule has 0 unspecified atom stereocenters. The third-order valence-corrected chi connectivity index (χ3v) is 4.68. The van der Waals surface area contributed by atoms with Gasteiger partial charge in [-0.3, -0.25) is 19.7 Å². The maximum atomic E-state index is 12.8. The average molecular weight is 414 g/mol. The number of nitro benzene ring substituents is 1. The summed E-state index contributed by atoms with van der Waals surface area (Å²) in [6.45, 7) is 4.41. The summed E-state index contributed by atoms with van der Waals surface area (Å²) < 4.78 is 10.9. The van der Waals surface area contributed by atoms with Crippen LogP contribution in [-0.2, 0) is 14.3 Å². The van der Waals surface area contributed by atoms with Crippen LogP contribution in [-0.4, -0.2) is 45.9 Å². The van der Waals surface area contributed by atoms with Gasteiger partial charge >= 0.3 is 0 Å². The lowest BCUT2D eigenvalue weighted by molar-refractivity contribution is -0.384. The molecule has 3 rings (SSSR count). The average Bonchev–Trinajstić information content (AvgIpc) is 3.32. The quantitative estimate of drug-likeness (QED) is 0.175. The van der Waals surface area contributed by atoms with Crippen molar-refractivity contribution in [2.45, 2.75) is 32.4 Å². The molecule has 1 aromatic carbocycles. The van der Waals surface area contributed by atoms with Gasteiger partial charge < -0.3 is 19.2 Å². The number of nitro groups is 1. The number of amides is 1. The highest BCUT2D eigenvalue weighted by Crippen LogP contribution is 2.39. The Bertz CT molecular complexity index is 979. The standard InChI is InChI=1S/C21H22N2O7/c1-13(2)29-11-5-9-22-18(16-8-4-10-30-16)17(20(25)21(22)26)19(24)14-6-3-7-15(12-14)23(27)28/h3-4,6-8,10,12-13,18,24H,5,9,11H2,1-2H3/t18-/m1/s1. The second-order valence-corrected chi connectivity index (χ2v) is 7.09. The Balaban J connectivity index is 2.00. The van der Waals surface area contributed by atoms with E-state index in [9.17, 15) is 24.8 Å². The molecule has 1 atom stereocenters. The summed E-state index contributed by atoms with van der Waals surface area (Å²) >= 11 is 0. The molecule has 1 saturated heterocycles. The fraction of sp³-hybridized carbons (Fsp3) is 0.333. The first kappa shape index (κ1) is 21.3. The van der Waals surface area contributed by atoms with Gasteiger partial charge in [0.15, 0.2) is 0 Å². The van der Waals surface area contributed by atoms with Gasteiger partial charge in [-0.1, -0.05) is 12.1 Å². The fourth-order valence-electron chi connectivity index (χ4n) is 3.33. The zero-order valence-electron chi connectivity index (χ0n) is 16.6. The lowest BCUT2D eigenvalue weighted by Crippen LogP contribution is -2.31. The zero-order valence-corrected chi connectivity index (χ0v) is 16.6. The molecule has 0 spiro atoms. The van der Waals surface area contributed by atoms with Crippen molar-refractivity contribution in [3.8, 4) is 0 Å². The number of aliphatic hydroxyl groups excluding tert-OH is 1. The van der Waals surface area contributed by atoms with E-state index in [-0.39, 0.29) is 29.5 Å². The van der Waals surface area contributed by atoms with E-state index in [4.69, 9.17) is 9.15 Å². The predicted octanol–water partition coefficient (Wildman–Crippen LogP) is 3.42. The van der Waals surface area contributed by atoms with Crippen molar-refractivity contribution in [2.75, 3.05) is 13.2 Å². The van der Waals surface area contributed by atoms with Crippen LogP contribution in [0.1, 0.15) is 37.6 Å². The third-order valence-electron chi connectivity index (χ3n) is 4.68. The molecule has 2 aromatic rings. The van der Waals surface area contributed by atoms with E-state index in [2.05, 4.69) is 0 Å². The Morgan fingerprint density at radius 3 is 2.70 bits per heavy atom. The van der Waals surface area contributed by atoms with E-state index < -0.39 is 28.4 Å². The van der Waals surface area contributed by atoms with Crippen molar-refractivity contribution >= 4 is 23.1 Å². The summed E-state index contributed by atoms with van der Waals surface area (Å²) in [6, 6.07) is 7.55. The summed E-state index contributed by atoms with van der Waals surface area (Å²) in [4.78, 5) is 37.3. The summed E-state index contributed by atoms with van der Waals surface area (Å²) in [5.41, 5.74) is -0.337. The van der Waals surface area contributed by atoms with Crippen LogP contribution in [0.25, 0.3) is 5.76 Å². The smallest absolute Gasteiger partial charge is 0.295 e. The van der Waals surface area contributed by atoms with Crippen molar-refractivity contribution in [1.29, 1.82) is 0 Å². The molecule has 1 amide bonds. The van der Waals surface area contributed by atoms with Gasteiger partial charge in [0.05, 0.1) is 22.9 Å². The summed E-state index contributed by atoms with van der Waals surface area (Å²) in [5.74, 6) is -1.82. The van der Waals surface area contributed by atoms with Crippen LogP contribution in [0.5, 0.6) is 0 Å². The van der Waals surface area contributed by atoms with Crippen LogP contribution in [0.15, 0.2) is 52.7 Å². The number of likely N-dealkylation sites (tertiary alicyclic amines) is 1. The van der Waals surface area contributed by atoms with Crippen LogP contribution in [0.4, 0.5) is 5.69 Å². The molecule has 1 aliphatic rings. The normalized spacial score (nSPS) is 18.4. The third kappa shape index (κ3) is 4.25. The van der Waals surface area contributed by atoms with E-state index >= 15 is 0 Å². The van der Waals surface area contributed by atoms with Gasteiger partial charge in [0.2, 0.25) is 0 Å². The number of aliphatic hydroxyl groups is 1. The number of furan rings is 1. The van der Waals surface area contributed by atoms with Crippen molar-refractivity contribution in [1.82, 2.24) is 4.90 Å². The number of non-ortho nitro benzene ring substituents is 1. The van der Waals surface area contributed by atoms with Crippen molar-refractivity contribution in [3.05, 3.63) is 69.7 Å². The highest BCUT2D eigenvalue weighted by Gasteiger charge is 2.47. The van der Waals surface area contributed by atoms with Gasteiger partial charge in [-0.25, -0.2) is 0 Å². The molecule has 30 heavy (non-hydrogen) atoms. The first-order valence-electron chi connectivity index (χ1n) is 9.49. The largest absolute Gasteiger partial charge is 0.507 e. The topological polar surface area (TPSA) is 123 Å². The van der Waals surface area contributed by atoms with Gasteiger partial charge in [0.25, 0.3) is 17.4 Å². The number of hydrogen-bond acceptors (Lipinski definition) is 7. The number of carbonyl (C=O) groups is 2. The Kier molecular flexibility index (Phi) is 6.31. The van der Waals surface area contributed by atoms with Gasteiger partial charge in [0.1, 0.15) is 17.6 Å². The Morgan fingerprint density at radius 1 is 1.30 bits per heavy atom. The monoisotopic (exact) mass is 414 g/mol. The first-order chi connectivity index (χ1) is 14.3. The number of hydrogen-bond donors (Lipinski definition) is 1. The lowest BCUT2D eigenvalue weighted by atomic mass is 9.99. The summed E-state index contributed by atoms with van der Waals surface area (Å²) in [5, 5.41) is 21.9. The molecule has 0 radical (unpaired) electrons. The highest BCUT2D eigenvalue weighted by molar-refractivity contribution is 6.46. The number of benzene rings is 1. The minimum Gasteiger partial charge on any atom is -0.507 e. The molecular formula is C21H22N2O7. The highest BCUT2D eigenvalue weighted by atomic mass is 16.6. The number of ketones is 1. The SMILES string of the molecule is CC(C)OCCCN1C(=O)C(=O)C(=C(O)c2cccc([N+](=O)[O-])c2)[C@H]1c1ccco1. The number of rotatable bonds is 8. The molecule has 9 nitrogen and oxygen atoms in total. The molecule has 1 aliphatic heterocycles. The van der Waals surface area contributed by atoms with E-state index in [1.165, 1.54) is 29.4 Å². The Morgan fingerprint density at radius 2 is 2.07 bits per heavy atom. The van der Waals surface area contributed by atoms with Gasteiger partial charge in [-0.15, -0.1) is 0 Å². The summed E-state index contributed by atoms with van der Waals surface area (Å²) in [6.07, 6.45) is 1.93. The van der Waals surface area contributed by atoms with Crippen molar-refractivity contribution in [2.24, 2.45) is 0 Å². The maximum Gasteiger partial charge on any atom is 0.295 e. The lowest BCUT2D eigenvalue weighted by Gasteiger charge is -2.23. The number of carbonyl (C=O) groups excluding carboxylic acids is 2. The van der Waals surface area contributed by atoms with E-state index in [0.29, 0.717) is 18.8 Å². The molecule has 0 saturated carbocycles. The van der Waals surface area contributed by atoms with Crippen LogP contribution < -0.4 is 0 Å². The summed E-state index contributed by atoms with van der Waals surface area (Å²) in [7, 11) is 0. The van der Waals surface area contributed by atoms with Crippen LogP contribution in [0.3, 0.4) is 0 Å². The molecule has 158 valence electrons. The van der Waals surface area contributed by atoms with Crippen molar-refractivity contribution in [3.63, 3.8) is 0 Å². The number of nitrogens with zero attached hydrogens (tertiary/aromatic N) is 2. The molecule has 1 fully saturated rings. The van der Waals surface area contributed by atoms with Crippen LogP contribution >= 0.6 is 0 Å². The molecule has 2 heterocycles. The number of ether oxygens (including phenoxy) is 1. The van der Waals surface area contributed by atoms with Gasteiger partial charge in [0, 0.05) is 30.8 Å². The minimum absolute atomic E-state index is 0.0372.